The molecule has 25 heavy (non-hydrogen) atoms. The van der Waals surface area contributed by atoms with Crippen LogP contribution >= 0.6 is 0 Å². The number of methoxy groups -OCH3 is 2. The van der Waals surface area contributed by atoms with Gasteiger partial charge in [0.25, 0.3) is 0 Å². The maximum atomic E-state index is 12.1. The topological polar surface area (TPSA) is 51.1 Å². The minimum Gasteiger partial charge on any atom is -0.493 e. The molecule has 1 amide bonds. The van der Waals surface area contributed by atoms with Crippen molar-refractivity contribution in [3.63, 3.8) is 0 Å². The summed E-state index contributed by atoms with van der Waals surface area (Å²) in [5.41, 5.74) is 4.07. The first-order valence-electron chi connectivity index (χ1n) is 8.20. The molecule has 0 aromatic heterocycles. The van der Waals surface area contributed by atoms with Crippen molar-refractivity contribution in [1.82, 2.24) is 5.01 Å². The van der Waals surface area contributed by atoms with Crippen molar-refractivity contribution in [1.29, 1.82) is 0 Å². The number of carbonyl (C=O) groups is 1. The number of nitrogens with zero attached hydrogens (tertiary/aromatic N) is 2. The fraction of sp³-hybridized carbons (Fsp3) is 0.300. The predicted octanol–water partition coefficient (Wildman–Crippen LogP) is 3.71. The molecule has 0 aliphatic carbocycles. The number of hydrazone groups is 1. The normalized spacial score (nSPS) is 16.6. The SMILES string of the molecule is COc1ccc(C2=NN(C(C)=O)C(c3ccccc3C)C2)cc1OC. The van der Waals surface area contributed by atoms with Crippen LogP contribution in [0.25, 0.3) is 0 Å². The molecule has 0 spiro atoms. The molecule has 3 rings (SSSR count). The van der Waals surface area contributed by atoms with Crippen molar-refractivity contribution in [2.45, 2.75) is 26.3 Å². The first-order chi connectivity index (χ1) is 12.0. The molecule has 0 saturated carbocycles. The molecule has 130 valence electrons. The lowest BCUT2D eigenvalue weighted by Gasteiger charge is -2.22. The number of hydrogen-bond donors (Lipinski definition) is 0. The molecule has 1 unspecified atom stereocenters. The number of rotatable bonds is 4. The number of hydrogen-bond acceptors (Lipinski definition) is 4. The van der Waals surface area contributed by atoms with Gasteiger partial charge in [0.2, 0.25) is 5.91 Å². The van der Waals surface area contributed by atoms with Crippen LogP contribution in [0.15, 0.2) is 47.6 Å². The Morgan fingerprint density at radius 2 is 1.84 bits per heavy atom. The van der Waals surface area contributed by atoms with Gasteiger partial charge in [0, 0.05) is 18.9 Å². The van der Waals surface area contributed by atoms with E-state index < -0.39 is 0 Å². The third-order valence-electron chi connectivity index (χ3n) is 4.50. The molecular formula is C20H22N2O3. The largest absolute Gasteiger partial charge is 0.493 e. The van der Waals surface area contributed by atoms with E-state index in [1.807, 2.05) is 30.3 Å². The Labute approximate surface area is 147 Å². The van der Waals surface area contributed by atoms with Gasteiger partial charge in [-0.1, -0.05) is 24.3 Å². The van der Waals surface area contributed by atoms with Crippen LogP contribution in [0.3, 0.4) is 0 Å². The Bertz CT molecular complexity index is 829. The number of benzene rings is 2. The van der Waals surface area contributed by atoms with Crippen molar-refractivity contribution in [3.8, 4) is 11.5 Å². The minimum atomic E-state index is -0.0817. The molecular weight excluding hydrogens is 316 g/mol. The number of amides is 1. The van der Waals surface area contributed by atoms with Gasteiger partial charge in [0.05, 0.1) is 26.0 Å². The van der Waals surface area contributed by atoms with Crippen LogP contribution in [0.2, 0.25) is 0 Å². The van der Waals surface area contributed by atoms with E-state index in [2.05, 4.69) is 24.2 Å². The van der Waals surface area contributed by atoms with Crippen molar-refractivity contribution in [3.05, 3.63) is 59.2 Å². The van der Waals surface area contributed by atoms with E-state index >= 15 is 0 Å². The van der Waals surface area contributed by atoms with Crippen LogP contribution in [-0.2, 0) is 4.79 Å². The highest BCUT2D eigenvalue weighted by atomic mass is 16.5. The van der Waals surface area contributed by atoms with Gasteiger partial charge in [0.1, 0.15) is 0 Å². The van der Waals surface area contributed by atoms with Gasteiger partial charge in [-0.15, -0.1) is 0 Å². The first kappa shape index (κ1) is 17.0. The zero-order chi connectivity index (χ0) is 18.0. The number of carbonyl (C=O) groups excluding carboxylic acids is 1. The lowest BCUT2D eigenvalue weighted by atomic mass is 9.95. The Morgan fingerprint density at radius 1 is 1.12 bits per heavy atom. The molecule has 2 aromatic rings. The van der Waals surface area contributed by atoms with Gasteiger partial charge in [-0.25, -0.2) is 5.01 Å². The van der Waals surface area contributed by atoms with Crippen LogP contribution in [0.1, 0.15) is 36.1 Å². The van der Waals surface area contributed by atoms with E-state index in [-0.39, 0.29) is 11.9 Å². The van der Waals surface area contributed by atoms with Crippen molar-refractivity contribution < 1.29 is 14.3 Å². The smallest absolute Gasteiger partial charge is 0.240 e. The molecule has 0 bridgehead atoms. The van der Waals surface area contributed by atoms with Gasteiger partial charge >= 0.3 is 0 Å². The molecule has 0 radical (unpaired) electrons. The molecule has 1 aliphatic heterocycles. The first-order valence-corrected chi connectivity index (χ1v) is 8.20. The lowest BCUT2D eigenvalue weighted by molar-refractivity contribution is -0.130. The Balaban J connectivity index is 1.98. The average molecular weight is 338 g/mol. The van der Waals surface area contributed by atoms with Crippen LogP contribution in [0.5, 0.6) is 11.5 Å². The van der Waals surface area contributed by atoms with E-state index in [4.69, 9.17) is 9.47 Å². The summed E-state index contributed by atoms with van der Waals surface area (Å²) in [6.07, 6.45) is 0.667. The van der Waals surface area contributed by atoms with E-state index in [0.29, 0.717) is 17.9 Å². The second-order valence-electron chi connectivity index (χ2n) is 6.06. The summed E-state index contributed by atoms with van der Waals surface area (Å²) in [5.74, 6) is 1.25. The summed E-state index contributed by atoms with van der Waals surface area (Å²) in [7, 11) is 3.21. The van der Waals surface area contributed by atoms with Gasteiger partial charge in [-0.2, -0.15) is 5.10 Å². The zero-order valence-electron chi connectivity index (χ0n) is 14.9. The summed E-state index contributed by atoms with van der Waals surface area (Å²) in [6.45, 7) is 3.61. The van der Waals surface area contributed by atoms with Crippen molar-refractivity contribution in [2.75, 3.05) is 14.2 Å². The van der Waals surface area contributed by atoms with Gasteiger partial charge in [0.15, 0.2) is 11.5 Å². The predicted molar refractivity (Wildman–Crippen MR) is 97.1 cm³/mol. The highest BCUT2D eigenvalue weighted by Crippen LogP contribution is 2.36. The Morgan fingerprint density at radius 3 is 2.48 bits per heavy atom. The standard InChI is InChI=1S/C20H22N2O3/c1-13-7-5-6-8-16(13)18-12-17(21-22(18)14(2)23)15-9-10-19(24-3)20(11-15)25-4/h5-11,18H,12H2,1-4H3. The third-order valence-corrected chi connectivity index (χ3v) is 4.50. The van der Waals surface area contributed by atoms with Crippen LogP contribution < -0.4 is 9.47 Å². The highest BCUT2D eigenvalue weighted by Gasteiger charge is 2.32. The summed E-state index contributed by atoms with van der Waals surface area (Å²) >= 11 is 0. The maximum absolute atomic E-state index is 12.1. The van der Waals surface area contributed by atoms with Crippen LogP contribution in [0.4, 0.5) is 0 Å². The lowest BCUT2D eigenvalue weighted by Crippen LogP contribution is -2.24. The molecule has 5 nitrogen and oxygen atoms in total. The fourth-order valence-corrected chi connectivity index (χ4v) is 3.19. The molecule has 2 aromatic carbocycles. The average Bonchev–Trinajstić information content (AvgIpc) is 3.07. The molecule has 5 heteroatoms. The molecule has 0 saturated heterocycles. The number of ether oxygens (including phenoxy) is 2. The van der Waals surface area contributed by atoms with Crippen LogP contribution in [0, 0.1) is 6.92 Å². The van der Waals surface area contributed by atoms with E-state index in [1.54, 1.807) is 26.2 Å². The number of aryl methyl sites for hydroxylation is 1. The Kier molecular flexibility index (Phi) is 4.74. The van der Waals surface area contributed by atoms with Crippen molar-refractivity contribution >= 4 is 11.6 Å². The molecule has 0 N–H and O–H groups in total. The second-order valence-corrected chi connectivity index (χ2v) is 6.06. The molecule has 1 aliphatic rings. The minimum absolute atomic E-state index is 0.0660. The van der Waals surface area contributed by atoms with Gasteiger partial charge in [-0.05, 0) is 36.2 Å². The molecule has 1 heterocycles. The monoisotopic (exact) mass is 338 g/mol. The van der Waals surface area contributed by atoms with E-state index in [9.17, 15) is 4.79 Å². The fourth-order valence-electron chi connectivity index (χ4n) is 3.19. The summed E-state index contributed by atoms with van der Waals surface area (Å²) in [6, 6.07) is 13.7. The molecule has 0 fully saturated rings. The van der Waals surface area contributed by atoms with E-state index in [0.717, 1.165) is 22.4 Å². The van der Waals surface area contributed by atoms with Crippen molar-refractivity contribution in [2.24, 2.45) is 5.10 Å². The van der Waals surface area contributed by atoms with Gasteiger partial charge < -0.3 is 9.47 Å². The summed E-state index contributed by atoms with van der Waals surface area (Å²) in [5, 5.41) is 6.17. The zero-order valence-corrected chi connectivity index (χ0v) is 14.9. The quantitative estimate of drug-likeness (QED) is 0.854. The summed E-state index contributed by atoms with van der Waals surface area (Å²) in [4.78, 5) is 12.1. The second kappa shape index (κ2) is 6.97. The van der Waals surface area contributed by atoms with Crippen LogP contribution in [-0.4, -0.2) is 30.8 Å². The van der Waals surface area contributed by atoms with Gasteiger partial charge in [-0.3, -0.25) is 4.79 Å². The van der Waals surface area contributed by atoms with E-state index in [1.165, 1.54) is 0 Å². The molecule has 1 atom stereocenters. The Hall–Kier alpha value is -2.82. The third kappa shape index (κ3) is 3.22. The highest BCUT2D eigenvalue weighted by molar-refractivity contribution is 6.03. The summed E-state index contributed by atoms with van der Waals surface area (Å²) < 4.78 is 10.7. The maximum Gasteiger partial charge on any atom is 0.240 e.